The first-order chi connectivity index (χ1) is 8.06. The molecule has 0 spiro atoms. The number of nitrogens with one attached hydrogen (secondary N) is 1. The predicted molar refractivity (Wildman–Crippen MR) is 57.3 cm³/mol. The molecular weight excluding hydrogens is 231 g/mol. The summed E-state index contributed by atoms with van der Waals surface area (Å²) in [6, 6.07) is 2.79. The Hall–Kier alpha value is -2.02. The van der Waals surface area contributed by atoms with Crippen molar-refractivity contribution in [3.63, 3.8) is 0 Å². The fourth-order valence-corrected chi connectivity index (χ4v) is 1.16. The Kier molecular flexibility index (Phi) is 4.53. The zero-order valence-corrected chi connectivity index (χ0v) is 9.10. The molecule has 92 valence electrons. The zero-order valence-electron chi connectivity index (χ0n) is 9.10. The van der Waals surface area contributed by atoms with Crippen molar-refractivity contribution in [2.45, 2.75) is 0 Å². The fourth-order valence-electron chi connectivity index (χ4n) is 1.16. The van der Waals surface area contributed by atoms with Crippen LogP contribution in [0.1, 0.15) is 10.4 Å². The van der Waals surface area contributed by atoms with Crippen molar-refractivity contribution >= 4 is 11.6 Å². The molecular formula is C10H11FN2O4. The van der Waals surface area contributed by atoms with Crippen LogP contribution in [0.25, 0.3) is 0 Å². The minimum Gasteiger partial charge on any atom is -0.383 e. The second-order valence-corrected chi connectivity index (χ2v) is 3.17. The van der Waals surface area contributed by atoms with Crippen molar-refractivity contribution in [1.29, 1.82) is 0 Å². The Labute approximate surface area is 96.5 Å². The van der Waals surface area contributed by atoms with Crippen LogP contribution in [0.4, 0.5) is 10.1 Å². The molecule has 0 bridgehead atoms. The lowest BCUT2D eigenvalue weighted by Crippen LogP contribution is -2.27. The second-order valence-electron chi connectivity index (χ2n) is 3.17. The van der Waals surface area contributed by atoms with Crippen LogP contribution in [0.2, 0.25) is 0 Å². The highest BCUT2D eigenvalue weighted by molar-refractivity contribution is 5.95. The Balaban J connectivity index is 2.84. The Bertz CT molecular complexity index is 436. The highest BCUT2D eigenvalue weighted by atomic mass is 19.1. The second kappa shape index (κ2) is 5.90. The molecule has 1 amide bonds. The number of nitro groups is 1. The van der Waals surface area contributed by atoms with Crippen molar-refractivity contribution in [2.24, 2.45) is 0 Å². The summed E-state index contributed by atoms with van der Waals surface area (Å²) in [5.74, 6) is -1.51. The summed E-state index contributed by atoms with van der Waals surface area (Å²) in [4.78, 5) is 21.3. The number of amides is 1. The Morgan fingerprint density at radius 3 is 2.88 bits per heavy atom. The molecule has 0 heterocycles. The van der Waals surface area contributed by atoms with Gasteiger partial charge in [-0.25, -0.2) is 4.39 Å². The smallest absolute Gasteiger partial charge is 0.270 e. The number of carbonyl (C=O) groups is 1. The van der Waals surface area contributed by atoms with Gasteiger partial charge in [0, 0.05) is 25.8 Å². The topological polar surface area (TPSA) is 81.5 Å². The number of hydrogen-bond acceptors (Lipinski definition) is 4. The molecule has 0 aliphatic heterocycles. The summed E-state index contributed by atoms with van der Waals surface area (Å²) >= 11 is 0. The van der Waals surface area contributed by atoms with E-state index in [9.17, 15) is 19.3 Å². The van der Waals surface area contributed by atoms with E-state index in [4.69, 9.17) is 4.74 Å². The standard InChI is InChI=1S/C10H11FN2O4/c1-17-5-4-12-10(14)8-6-7(13(15)16)2-3-9(8)11/h2-3,6H,4-5H2,1H3,(H,12,14). The van der Waals surface area contributed by atoms with Crippen molar-refractivity contribution in [3.05, 3.63) is 39.7 Å². The van der Waals surface area contributed by atoms with Gasteiger partial charge in [0.05, 0.1) is 17.1 Å². The van der Waals surface area contributed by atoms with Gasteiger partial charge in [0.15, 0.2) is 0 Å². The van der Waals surface area contributed by atoms with Crippen LogP contribution in [0.3, 0.4) is 0 Å². The van der Waals surface area contributed by atoms with Crippen molar-refractivity contribution < 1.29 is 18.8 Å². The summed E-state index contributed by atoms with van der Waals surface area (Å²) in [7, 11) is 1.46. The van der Waals surface area contributed by atoms with Crippen molar-refractivity contribution in [3.8, 4) is 0 Å². The average molecular weight is 242 g/mol. The number of rotatable bonds is 5. The molecule has 0 fully saturated rings. The van der Waals surface area contributed by atoms with E-state index in [0.717, 1.165) is 18.2 Å². The number of carbonyl (C=O) groups excluding carboxylic acids is 1. The maximum atomic E-state index is 13.3. The van der Waals surface area contributed by atoms with Gasteiger partial charge in [-0.1, -0.05) is 0 Å². The van der Waals surface area contributed by atoms with Gasteiger partial charge in [-0.15, -0.1) is 0 Å². The quantitative estimate of drug-likeness (QED) is 0.476. The molecule has 0 aliphatic carbocycles. The van der Waals surface area contributed by atoms with E-state index >= 15 is 0 Å². The van der Waals surface area contributed by atoms with E-state index < -0.39 is 16.6 Å². The summed E-state index contributed by atoms with van der Waals surface area (Å²) in [6.07, 6.45) is 0. The molecule has 0 aliphatic rings. The summed E-state index contributed by atoms with van der Waals surface area (Å²) in [5, 5.41) is 12.9. The number of non-ortho nitro benzene ring substituents is 1. The van der Waals surface area contributed by atoms with E-state index in [0.29, 0.717) is 0 Å². The van der Waals surface area contributed by atoms with Gasteiger partial charge < -0.3 is 10.1 Å². The number of ether oxygens (including phenoxy) is 1. The monoisotopic (exact) mass is 242 g/mol. The van der Waals surface area contributed by atoms with Crippen LogP contribution in [0, 0.1) is 15.9 Å². The molecule has 1 N–H and O–H groups in total. The molecule has 0 unspecified atom stereocenters. The molecule has 0 atom stereocenters. The largest absolute Gasteiger partial charge is 0.383 e. The zero-order chi connectivity index (χ0) is 12.8. The van der Waals surface area contributed by atoms with Crippen LogP contribution in [-0.4, -0.2) is 31.1 Å². The molecule has 1 aromatic rings. The lowest BCUT2D eigenvalue weighted by atomic mass is 10.1. The molecule has 1 rings (SSSR count). The van der Waals surface area contributed by atoms with Gasteiger partial charge in [0.25, 0.3) is 11.6 Å². The third kappa shape index (κ3) is 3.49. The SMILES string of the molecule is COCCNC(=O)c1cc([N+](=O)[O-])ccc1F. The minimum atomic E-state index is -0.800. The molecule has 1 aromatic carbocycles. The van der Waals surface area contributed by atoms with Gasteiger partial charge in [-0.2, -0.15) is 0 Å². The molecule has 0 radical (unpaired) electrons. The van der Waals surface area contributed by atoms with E-state index in [-0.39, 0.29) is 24.4 Å². The maximum Gasteiger partial charge on any atom is 0.270 e. The predicted octanol–water partition coefficient (Wildman–Crippen LogP) is 1.11. The number of nitrogens with zero attached hydrogens (tertiary/aromatic N) is 1. The van der Waals surface area contributed by atoms with Crippen molar-refractivity contribution in [1.82, 2.24) is 5.32 Å². The molecule has 0 aromatic heterocycles. The van der Waals surface area contributed by atoms with E-state index in [2.05, 4.69) is 5.32 Å². The first kappa shape index (κ1) is 13.0. The number of halogens is 1. The lowest BCUT2D eigenvalue weighted by Gasteiger charge is -2.05. The Morgan fingerprint density at radius 2 is 2.29 bits per heavy atom. The number of nitro benzene ring substituents is 1. The fraction of sp³-hybridized carbons (Fsp3) is 0.300. The van der Waals surface area contributed by atoms with Crippen LogP contribution in [-0.2, 0) is 4.74 Å². The van der Waals surface area contributed by atoms with Gasteiger partial charge in [0.2, 0.25) is 0 Å². The van der Waals surface area contributed by atoms with Crippen LogP contribution in [0.15, 0.2) is 18.2 Å². The minimum absolute atomic E-state index is 0.206. The first-order valence-electron chi connectivity index (χ1n) is 4.77. The van der Waals surface area contributed by atoms with Crippen LogP contribution < -0.4 is 5.32 Å². The number of benzene rings is 1. The average Bonchev–Trinajstić information content (AvgIpc) is 2.29. The van der Waals surface area contributed by atoms with E-state index in [1.807, 2.05) is 0 Å². The maximum absolute atomic E-state index is 13.3. The summed E-state index contributed by atoms with van der Waals surface area (Å²) < 4.78 is 18.0. The van der Waals surface area contributed by atoms with Gasteiger partial charge in [-0.3, -0.25) is 14.9 Å². The summed E-state index contributed by atoms with van der Waals surface area (Å²) in [6.45, 7) is 0.486. The lowest BCUT2D eigenvalue weighted by molar-refractivity contribution is -0.384. The third-order valence-corrected chi connectivity index (χ3v) is 2.00. The molecule has 6 nitrogen and oxygen atoms in total. The van der Waals surface area contributed by atoms with Crippen molar-refractivity contribution in [2.75, 3.05) is 20.3 Å². The Morgan fingerprint density at radius 1 is 1.59 bits per heavy atom. The highest BCUT2D eigenvalue weighted by Gasteiger charge is 2.16. The van der Waals surface area contributed by atoms with Gasteiger partial charge in [-0.05, 0) is 6.07 Å². The van der Waals surface area contributed by atoms with Gasteiger partial charge >= 0.3 is 0 Å². The third-order valence-electron chi connectivity index (χ3n) is 2.00. The normalized spacial score (nSPS) is 10.0. The molecule has 7 heteroatoms. The molecule has 0 saturated heterocycles. The van der Waals surface area contributed by atoms with E-state index in [1.54, 1.807) is 0 Å². The van der Waals surface area contributed by atoms with Crippen LogP contribution in [0.5, 0.6) is 0 Å². The highest BCUT2D eigenvalue weighted by Crippen LogP contribution is 2.16. The molecule has 17 heavy (non-hydrogen) atoms. The van der Waals surface area contributed by atoms with E-state index in [1.165, 1.54) is 7.11 Å². The number of methoxy groups -OCH3 is 1. The summed E-state index contributed by atoms with van der Waals surface area (Å²) in [5.41, 5.74) is -0.682. The first-order valence-corrected chi connectivity index (χ1v) is 4.77. The van der Waals surface area contributed by atoms with Crippen LogP contribution >= 0.6 is 0 Å². The van der Waals surface area contributed by atoms with Gasteiger partial charge in [0.1, 0.15) is 5.82 Å². The molecule has 0 saturated carbocycles. The number of hydrogen-bond donors (Lipinski definition) is 1.